The average Bonchev–Trinajstić information content (AvgIpc) is 3.01. The predicted molar refractivity (Wildman–Crippen MR) is 92.2 cm³/mol. The van der Waals surface area contributed by atoms with Gasteiger partial charge in [-0.15, -0.1) is 0 Å². The van der Waals surface area contributed by atoms with Crippen molar-refractivity contribution in [2.75, 3.05) is 21.2 Å². The summed E-state index contributed by atoms with van der Waals surface area (Å²) in [6.07, 6.45) is 2.50. The number of methoxy groups -OCH3 is 1. The first-order valence-corrected chi connectivity index (χ1v) is 7.73. The van der Waals surface area contributed by atoms with Crippen LogP contribution in [-0.2, 0) is 0 Å². The maximum absolute atomic E-state index is 10.1. The number of pyridine rings is 2. The van der Waals surface area contributed by atoms with E-state index in [9.17, 15) is 5.11 Å². The largest absolute Gasteiger partial charge is 0.496 e. The van der Waals surface area contributed by atoms with E-state index in [1.54, 1.807) is 50.6 Å². The highest BCUT2D eigenvalue weighted by atomic mass is 35.5. The van der Waals surface area contributed by atoms with Gasteiger partial charge in [0.25, 0.3) is 0 Å². The fourth-order valence-electron chi connectivity index (χ4n) is 2.38. The molecule has 0 fully saturated rings. The number of hydrogen-bond donors (Lipinski definition) is 1. The van der Waals surface area contributed by atoms with Crippen molar-refractivity contribution in [3.8, 4) is 17.1 Å². The van der Waals surface area contributed by atoms with E-state index in [2.05, 4.69) is 9.97 Å². The zero-order valence-corrected chi connectivity index (χ0v) is 14.6. The standard InChI is InChI=1S/C17H18ClN3O3/c1-9-7-19-11-5-14(24-16(11)15(9)18)10-8-20-12(6-13(10)23-4)17(22)21(2)3/h5-8,17,22H,1-4H3. The molecule has 3 aromatic heterocycles. The van der Waals surface area contributed by atoms with Gasteiger partial charge in [-0.25, -0.2) is 0 Å². The number of aromatic nitrogens is 2. The van der Waals surface area contributed by atoms with Crippen molar-refractivity contribution < 1.29 is 14.3 Å². The molecule has 3 heterocycles. The van der Waals surface area contributed by atoms with Crippen molar-refractivity contribution >= 4 is 22.7 Å². The molecule has 0 aliphatic heterocycles. The normalized spacial score (nSPS) is 12.8. The molecule has 0 aliphatic carbocycles. The van der Waals surface area contributed by atoms with E-state index in [4.69, 9.17) is 20.8 Å². The third-order valence-electron chi connectivity index (χ3n) is 3.78. The van der Waals surface area contributed by atoms with Crippen LogP contribution in [0.1, 0.15) is 17.5 Å². The monoisotopic (exact) mass is 347 g/mol. The third-order valence-corrected chi connectivity index (χ3v) is 4.25. The minimum Gasteiger partial charge on any atom is -0.496 e. The summed E-state index contributed by atoms with van der Waals surface area (Å²) >= 11 is 6.28. The van der Waals surface area contributed by atoms with Gasteiger partial charge in [0.15, 0.2) is 5.58 Å². The van der Waals surface area contributed by atoms with E-state index in [-0.39, 0.29) is 0 Å². The second-order valence-electron chi connectivity index (χ2n) is 5.73. The lowest BCUT2D eigenvalue weighted by Crippen LogP contribution is -2.20. The first-order chi connectivity index (χ1) is 11.4. The first kappa shape index (κ1) is 16.7. The summed E-state index contributed by atoms with van der Waals surface area (Å²) in [5.41, 5.74) is 3.20. The summed E-state index contributed by atoms with van der Waals surface area (Å²) < 4.78 is 11.3. The van der Waals surface area contributed by atoms with Crippen molar-refractivity contribution in [2.45, 2.75) is 13.2 Å². The second-order valence-corrected chi connectivity index (χ2v) is 6.10. The van der Waals surface area contributed by atoms with Crippen molar-refractivity contribution in [1.82, 2.24) is 14.9 Å². The van der Waals surface area contributed by atoms with Gasteiger partial charge in [-0.3, -0.25) is 14.9 Å². The third kappa shape index (κ3) is 2.84. The van der Waals surface area contributed by atoms with Gasteiger partial charge in [0.05, 0.1) is 23.4 Å². The second kappa shape index (κ2) is 6.39. The van der Waals surface area contributed by atoms with Crippen LogP contribution in [0.15, 0.2) is 28.9 Å². The molecule has 0 spiro atoms. The maximum Gasteiger partial charge on any atom is 0.172 e. The van der Waals surface area contributed by atoms with Gasteiger partial charge < -0.3 is 14.3 Å². The van der Waals surface area contributed by atoms with Crippen LogP contribution in [0.5, 0.6) is 5.75 Å². The Balaban J connectivity index is 2.10. The molecule has 0 bridgehead atoms. The Morgan fingerprint density at radius 1 is 1.25 bits per heavy atom. The number of ether oxygens (including phenoxy) is 1. The zero-order valence-electron chi connectivity index (χ0n) is 13.9. The molecule has 0 aliphatic rings. The minimum absolute atomic E-state index is 0.490. The number of hydrogen-bond acceptors (Lipinski definition) is 6. The Bertz CT molecular complexity index is 892. The van der Waals surface area contributed by atoms with Crippen molar-refractivity contribution in [2.24, 2.45) is 0 Å². The first-order valence-electron chi connectivity index (χ1n) is 7.35. The molecule has 24 heavy (non-hydrogen) atoms. The highest BCUT2D eigenvalue weighted by Crippen LogP contribution is 2.37. The highest BCUT2D eigenvalue weighted by molar-refractivity contribution is 6.35. The molecule has 6 nitrogen and oxygen atoms in total. The Labute approximate surface area is 144 Å². The molecule has 3 rings (SSSR count). The summed E-state index contributed by atoms with van der Waals surface area (Å²) in [6.45, 7) is 1.87. The lowest BCUT2D eigenvalue weighted by atomic mass is 10.1. The number of nitrogens with zero attached hydrogens (tertiary/aromatic N) is 3. The van der Waals surface area contributed by atoms with Gasteiger partial charge in [-0.1, -0.05) is 11.6 Å². The smallest absolute Gasteiger partial charge is 0.172 e. The topological polar surface area (TPSA) is 71.6 Å². The molecule has 0 amide bonds. The molecule has 1 atom stereocenters. The summed E-state index contributed by atoms with van der Waals surface area (Å²) in [4.78, 5) is 10.3. The number of aryl methyl sites for hydroxylation is 1. The van der Waals surface area contributed by atoms with E-state index in [0.29, 0.717) is 38.9 Å². The van der Waals surface area contributed by atoms with E-state index in [1.165, 1.54) is 0 Å². The number of halogens is 1. The average molecular weight is 348 g/mol. The number of rotatable bonds is 4. The molecule has 1 N–H and O–H groups in total. The van der Waals surface area contributed by atoms with Crippen LogP contribution in [0.2, 0.25) is 5.02 Å². The Morgan fingerprint density at radius 2 is 2.00 bits per heavy atom. The van der Waals surface area contributed by atoms with Gasteiger partial charge >= 0.3 is 0 Å². The molecular weight excluding hydrogens is 330 g/mol. The van der Waals surface area contributed by atoms with Crippen molar-refractivity contribution in [1.29, 1.82) is 0 Å². The predicted octanol–water partition coefficient (Wildman–Crippen LogP) is 3.41. The van der Waals surface area contributed by atoms with E-state index in [1.807, 2.05) is 6.92 Å². The van der Waals surface area contributed by atoms with Crippen LogP contribution in [-0.4, -0.2) is 41.2 Å². The summed E-state index contributed by atoms with van der Waals surface area (Å²) in [6, 6.07) is 3.48. The molecule has 0 aromatic carbocycles. The lowest BCUT2D eigenvalue weighted by Gasteiger charge is -2.18. The number of furan rings is 1. The van der Waals surface area contributed by atoms with Crippen LogP contribution in [0, 0.1) is 6.92 Å². The van der Waals surface area contributed by atoms with Gasteiger partial charge in [0.2, 0.25) is 0 Å². The van der Waals surface area contributed by atoms with Crippen LogP contribution in [0.4, 0.5) is 0 Å². The fraction of sp³-hybridized carbons (Fsp3) is 0.294. The van der Waals surface area contributed by atoms with Crippen molar-refractivity contribution in [3.63, 3.8) is 0 Å². The number of fused-ring (bicyclic) bond motifs is 1. The summed E-state index contributed by atoms with van der Waals surface area (Å²) in [5, 5.41) is 10.7. The molecule has 0 saturated heterocycles. The molecule has 0 radical (unpaired) electrons. The molecule has 126 valence electrons. The van der Waals surface area contributed by atoms with Crippen LogP contribution < -0.4 is 4.74 Å². The Kier molecular flexibility index (Phi) is 4.45. The lowest BCUT2D eigenvalue weighted by molar-refractivity contribution is 0.0356. The molecule has 3 aromatic rings. The number of aliphatic hydroxyl groups is 1. The van der Waals surface area contributed by atoms with Gasteiger partial charge in [0.1, 0.15) is 23.3 Å². The Morgan fingerprint density at radius 3 is 2.67 bits per heavy atom. The van der Waals surface area contributed by atoms with Gasteiger partial charge in [-0.2, -0.15) is 0 Å². The van der Waals surface area contributed by atoms with Crippen LogP contribution in [0.3, 0.4) is 0 Å². The summed E-state index contributed by atoms with van der Waals surface area (Å²) in [5.74, 6) is 1.10. The highest BCUT2D eigenvalue weighted by Gasteiger charge is 2.19. The quantitative estimate of drug-likeness (QED) is 0.729. The molecule has 7 heteroatoms. The van der Waals surface area contributed by atoms with E-state index < -0.39 is 6.23 Å². The fourth-order valence-corrected chi connectivity index (χ4v) is 2.57. The summed E-state index contributed by atoms with van der Waals surface area (Å²) in [7, 11) is 5.09. The van der Waals surface area contributed by atoms with E-state index >= 15 is 0 Å². The van der Waals surface area contributed by atoms with Crippen LogP contribution in [0.25, 0.3) is 22.4 Å². The number of aliphatic hydroxyl groups excluding tert-OH is 1. The van der Waals surface area contributed by atoms with Gasteiger partial charge in [0, 0.05) is 24.5 Å². The van der Waals surface area contributed by atoms with Crippen LogP contribution >= 0.6 is 11.6 Å². The van der Waals surface area contributed by atoms with Gasteiger partial charge in [-0.05, 0) is 26.6 Å². The SMILES string of the molecule is COc1cc(C(O)N(C)C)ncc1-c1cc2ncc(C)c(Cl)c2o1. The van der Waals surface area contributed by atoms with E-state index in [0.717, 1.165) is 5.56 Å². The molecular formula is C17H18ClN3O3. The zero-order chi connectivity index (χ0) is 17.4. The molecule has 1 unspecified atom stereocenters. The minimum atomic E-state index is -0.817. The maximum atomic E-state index is 10.1. The molecule has 0 saturated carbocycles. The Hall–Kier alpha value is -2.15. The van der Waals surface area contributed by atoms with Crippen molar-refractivity contribution in [3.05, 3.63) is 40.8 Å².